The van der Waals surface area contributed by atoms with Crippen LogP contribution in [0, 0.1) is 0 Å². The molecule has 7 heteroatoms. The molecule has 168 valence electrons. The number of hydrogen-bond donors (Lipinski definition) is 0. The van der Waals surface area contributed by atoms with Crippen molar-refractivity contribution >= 4 is 16.4 Å². The third-order valence-electron chi connectivity index (χ3n) is 5.18. The van der Waals surface area contributed by atoms with Crippen molar-refractivity contribution in [3.63, 3.8) is 0 Å². The first-order chi connectivity index (χ1) is 13.5. The number of carbonyl (C=O) groups excluding carboxylic acids is 1. The Bertz CT molecular complexity index is 454. The van der Waals surface area contributed by atoms with Crippen LogP contribution in [0.4, 0.5) is 0 Å². The van der Waals surface area contributed by atoms with E-state index in [1.807, 2.05) is 0 Å². The van der Waals surface area contributed by atoms with Crippen molar-refractivity contribution < 1.29 is 51.5 Å². The molecule has 0 atom stereocenters. The molecule has 0 aliphatic heterocycles. The van der Waals surface area contributed by atoms with Crippen LogP contribution < -0.4 is 29.6 Å². The number of rotatable bonds is 21. The van der Waals surface area contributed by atoms with E-state index in [0.717, 1.165) is 19.3 Å². The van der Waals surface area contributed by atoms with Crippen LogP contribution in [0.2, 0.25) is 0 Å². The SMILES string of the molecule is CCCCCCCCCCCCCCCCCCCCCC(=O)OS(=O)(=O)[O-].[Na+]. The Morgan fingerprint density at radius 3 is 1.17 bits per heavy atom. The van der Waals surface area contributed by atoms with Gasteiger partial charge in [0.15, 0.2) is 0 Å². The molecule has 0 spiro atoms. The van der Waals surface area contributed by atoms with Crippen molar-refractivity contribution in [2.24, 2.45) is 0 Å². The zero-order valence-corrected chi connectivity index (χ0v) is 21.9. The summed E-state index contributed by atoms with van der Waals surface area (Å²) in [6.45, 7) is 2.27. The molecule has 0 unspecified atom stereocenters. The fourth-order valence-corrected chi connectivity index (χ4v) is 3.81. The monoisotopic (exact) mass is 442 g/mol. The molecule has 0 fully saturated rings. The molecule has 0 saturated heterocycles. The Hall–Kier alpha value is 0.380. The minimum atomic E-state index is -4.90. The standard InChI is InChI=1S/C22H44O5S.Na/c1-2-3-4-5-6-7-8-9-10-11-12-13-14-15-16-17-18-19-20-21-22(23)27-28(24,25)26;/h2-21H2,1H3,(H,24,25,26);/q;+1/p-1. The first kappa shape index (κ1) is 31.6. The predicted molar refractivity (Wildman–Crippen MR) is 114 cm³/mol. The molecule has 0 aromatic carbocycles. The van der Waals surface area contributed by atoms with Crippen molar-refractivity contribution in [1.29, 1.82) is 0 Å². The number of unbranched alkanes of at least 4 members (excludes halogenated alkanes) is 18. The third-order valence-corrected chi connectivity index (χ3v) is 5.57. The molecule has 0 aliphatic carbocycles. The third kappa shape index (κ3) is 28.4. The van der Waals surface area contributed by atoms with Gasteiger partial charge < -0.3 is 8.74 Å². The van der Waals surface area contributed by atoms with E-state index in [4.69, 9.17) is 0 Å². The summed E-state index contributed by atoms with van der Waals surface area (Å²) >= 11 is 0. The normalized spacial score (nSPS) is 11.2. The van der Waals surface area contributed by atoms with Crippen molar-refractivity contribution in [3.05, 3.63) is 0 Å². The maximum absolute atomic E-state index is 11.0. The number of hydrogen-bond acceptors (Lipinski definition) is 5. The van der Waals surface area contributed by atoms with Gasteiger partial charge in [0.25, 0.3) is 10.4 Å². The van der Waals surface area contributed by atoms with Gasteiger partial charge >= 0.3 is 35.5 Å². The van der Waals surface area contributed by atoms with E-state index in [1.54, 1.807) is 0 Å². The van der Waals surface area contributed by atoms with Gasteiger partial charge in [-0.2, -0.15) is 0 Å². The summed E-state index contributed by atoms with van der Waals surface area (Å²) in [5.41, 5.74) is 0. The summed E-state index contributed by atoms with van der Waals surface area (Å²) in [5, 5.41) is 0. The molecule has 0 aromatic heterocycles. The zero-order valence-electron chi connectivity index (χ0n) is 19.1. The maximum atomic E-state index is 11.0. The van der Waals surface area contributed by atoms with E-state index in [0.29, 0.717) is 6.42 Å². The van der Waals surface area contributed by atoms with Gasteiger partial charge in [0.1, 0.15) is 0 Å². The molecule has 0 aliphatic rings. The van der Waals surface area contributed by atoms with E-state index in [2.05, 4.69) is 11.1 Å². The Kier molecular flexibility index (Phi) is 25.1. The zero-order chi connectivity index (χ0) is 20.9. The van der Waals surface area contributed by atoms with Gasteiger partial charge in [-0.1, -0.05) is 122 Å². The molecule has 0 radical (unpaired) electrons. The molecule has 0 bridgehead atoms. The summed E-state index contributed by atoms with van der Waals surface area (Å²) in [5.74, 6) is -0.943. The summed E-state index contributed by atoms with van der Waals surface area (Å²) in [7, 11) is -4.90. The van der Waals surface area contributed by atoms with Crippen molar-refractivity contribution in [2.75, 3.05) is 0 Å². The molecule has 0 rings (SSSR count). The molecule has 0 saturated carbocycles. The smallest absolute Gasteiger partial charge is 0.716 e. The summed E-state index contributed by atoms with van der Waals surface area (Å²) in [6, 6.07) is 0. The van der Waals surface area contributed by atoms with Gasteiger partial charge in [-0.3, -0.25) is 4.79 Å². The molecular weight excluding hydrogens is 399 g/mol. The summed E-state index contributed by atoms with van der Waals surface area (Å²) in [6.07, 6.45) is 24.1. The fraction of sp³-hybridized carbons (Fsp3) is 0.955. The van der Waals surface area contributed by atoms with Crippen molar-refractivity contribution in [2.45, 2.75) is 135 Å². The second-order valence-electron chi connectivity index (χ2n) is 7.98. The molecule has 0 amide bonds. The van der Waals surface area contributed by atoms with E-state index in [1.165, 1.54) is 96.3 Å². The molecular formula is C22H43NaO5S. The van der Waals surface area contributed by atoms with Crippen LogP contribution in [-0.4, -0.2) is 18.9 Å². The Morgan fingerprint density at radius 2 is 0.897 bits per heavy atom. The predicted octanol–water partition coefficient (Wildman–Crippen LogP) is 3.82. The van der Waals surface area contributed by atoms with Crippen LogP contribution in [0.5, 0.6) is 0 Å². The number of carbonyl (C=O) groups is 1. The van der Waals surface area contributed by atoms with E-state index in [9.17, 15) is 17.8 Å². The van der Waals surface area contributed by atoms with Crippen LogP contribution in [0.15, 0.2) is 0 Å². The molecule has 0 heterocycles. The molecule has 0 aromatic rings. The quantitative estimate of drug-likeness (QED) is 0.117. The van der Waals surface area contributed by atoms with E-state index in [-0.39, 0.29) is 36.0 Å². The van der Waals surface area contributed by atoms with E-state index < -0.39 is 16.4 Å². The average Bonchev–Trinajstić information content (AvgIpc) is 2.62. The average molecular weight is 443 g/mol. The van der Waals surface area contributed by atoms with Gasteiger partial charge in [-0.15, -0.1) is 0 Å². The van der Waals surface area contributed by atoms with Gasteiger partial charge in [-0.25, -0.2) is 8.42 Å². The minimum Gasteiger partial charge on any atom is -0.716 e. The van der Waals surface area contributed by atoms with Crippen LogP contribution in [0.3, 0.4) is 0 Å². The van der Waals surface area contributed by atoms with Gasteiger partial charge in [0, 0.05) is 6.42 Å². The van der Waals surface area contributed by atoms with Gasteiger partial charge in [0.05, 0.1) is 0 Å². The Labute approximate surface area is 202 Å². The minimum absolute atomic E-state index is 0. The Morgan fingerprint density at radius 1 is 0.621 bits per heavy atom. The van der Waals surface area contributed by atoms with Crippen molar-refractivity contribution in [3.8, 4) is 0 Å². The second kappa shape index (κ2) is 23.1. The molecule has 29 heavy (non-hydrogen) atoms. The first-order valence-corrected chi connectivity index (χ1v) is 13.0. The van der Waals surface area contributed by atoms with Gasteiger partial charge in [-0.05, 0) is 6.42 Å². The van der Waals surface area contributed by atoms with E-state index >= 15 is 0 Å². The molecule has 0 N–H and O–H groups in total. The largest absolute Gasteiger partial charge is 1.00 e. The van der Waals surface area contributed by atoms with Gasteiger partial charge in [0.2, 0.25) is 0 Å². The van der Waals surface area contributed by atoms with Crippen LogP contribution >= 0.6 is 0 Å². The topological polar surface area (TPSA) is 83.5 Å². The summed E-state index contributed by atoms with van der Waals surface area (Å²) in [4.78, 5) is 11.0. The second-order valence-corrected chi connectivity index (χ2v) is 8.96. The first-order valence-electron chi connectivity index (χ1n) is 11.6. The van der Waals surface area contributed by atoms with Crippen LogP contribution in [0.25, 0.3) is 0 Å². The van der Waals surface area contributed by atoms with Crippen molar-refractivity contribution in [1.82, 2.24) is 0 Å². The van der Waals surface area contributed by atoms with Crippen LogP contribution in [-0.2, 0) is 19.4 Å². The fourth-order valence-electron chi connectivity index (χ4n) is 3.50. The summed E-state index contributed by atoms with van der Waals surface area (Å²) < 4.78 is 34.5. The van der Waals surface area contributed by atoms with Crippen LogP contribution in [0.1, 0.15) is 135 Å². The Balaban J connectivity index is 0. The molecule has 5 nitrogen and oxygen atoms in total. The maximum Gasteiger partial charge on any atom is 1.00 e.